The molecule has 0 aliphatic heterocycles. The van der Waals surface area contributed by atoms with Crippen molar-refractivity contribution >= 4 is 27.5 Å². The summed E-state index contributed by atoms with van der Waals surface area (Å²) in [6.45, 7) is 1.03. The van der Waals surface area contributed by atoms with E-state index in [0.717, 1.165) is 28.5 Å². The molecular formula is C18H19BrClN. The van der Waals surface area contributed by atoms with Crippen molar-refractivity contribution in [2.75, 3.05) is 6.54 Å². The van der Waals surface area contributed by atoms with Crippen LogP contribution in [0.4, 0.5) is 0 Å². The maximum absolute atomic E-state index is 6.01. The van der Waals surface area contributed by atoms with Gasteiger partial charge in [-0.05, 0) is 54.7 Å². The number of hydrogen-bond donors (Lipinski definition) is 1. The van der Waals surface area contributed by atoms with Crippen LogP contribution in [0.25, 0.3) is 0 Å². The van der Waals surface area contributed by atoms with Crippen molar-refractivity contribution in [3.63, 3.8) is 0 Å². The zero-order valence-corrected chi connectivity index (χ0v) is 14.2. The maximum Gasteiger partial charge on any atom is 0.0406 e. The predicted octanol–water partition coefficient (Wildman–Crippen LogP) is 5.18. The van der Waals surface area contributed by atoms with Crippen LogP contribution >= 0.6 is 27.5 Å². The minimum atomic E-state index is 0.483. The van der Waals surface area contributed by atoms with Crippen molar-refractivity contribution in [1.82, 2.24) is 5.32 Å². The van der Waals surface area contributed by atoms with Gasteiger partial charge in [0, 0.05) is 28.0 Å². The first-order valence-corrected chi connectivity index (χ1v) is 8.61. The summed E-state index contributed by atoms with van der Waals surface area (Å²) in [5.74, 6) is 0.483. The molecule has 1 N–H and O–H groups in total. The minimum Gasteiger partial charge on any atom is -0.313 e. The van der Waals surface area contributed by atoms with Crippen LogP contribution in [0.15, 0.2) is 53.0 Å². The van der Waals surface area contributed by atoms with Crippen LogP contribution in [0.1, 0.15) is 29.9 Å². The second-order valence-electron chi connectivity index (χ2n) is 5.77. The molecule has 0 amide bonds. The SMILES string of the molecule is Clc1ccc(C(CNC2CC2)Cc2cccc(Br)c2)cc1. The fraction of sp³-hybridized carbons (Fsp3) is 0.333. The number of rotatable bonds is 6. The van der Waals surface area contributed by atoms with E-state index in [1.165, 1.54) is 24.0 Å². The smallest absolute Gasteiger partial charge is 0.0406 e. The molecule has 0 spiro atoms. The van der Waals surface area contributed by atoms with Gasteiger partial charge < -0.3 is 5.32 Å². The Hall–Kier alpha value is -0.830. The lowest BCUT2D eigenvalue weighted by atomic mass is 9.92. The van der Waals surface area contributed by atoms with Gasteiger partial charge in [-0.2, -0.15) is 0 Å². The lowest BCUT2D eigenvalue weighted by Crippen LogP contribution is -2.24. The van der Waals surface area contributed by atoms with Crippen molar-refractivity contribution in [3.05, 3.63) is 69.2 Å². The molecule has 2 aromatic rings. The van der Waals surface area contributed by atoms with Gasteiger partial charge in [-0.15, -0.1) is 0 Å². The van der Waals surface area contributed by atoms with Gasteiger partial charge in [0.05, 0.1) is 0 Å². The molecule has 0 radical (unpaired) electrons. The summed E-state index contributed by atoms with van der Waals surface area (Å²) in [4.78, 5) is 0. The summed E-state index contributed by atoms with van der Waals surface area (Å²) >= 11 is 9.57. The van der Waals surface area contributed by atoms with Gasteiger partial charge in [-0.25, -0.2) is 0 Å². The Morgan fingerprint density at radius 3 is 2.57 bits per heavy atom. The van der Waals surface area contributed by atoms with Crippen molar-refractivity contribution in [2.24, 2.45) is 0 Å². The van der Waals surface area contributed by atoms with Gasteiger partial charge in [0.15, 0.2) is 0 Å². The highest BCUT2D eigenvalue weighted by molar-refractivity contribution is 9.10. The summed E-state index contributed by atoms with van der Waals surface area (Å²) in [5, 5.41) is 4.46. The van der Waals surface area contributed by atoms with Crippen LogP contribution in [0, 0.1) is 0 Å². The third kappa shape index (κ3) is 4.57. The Balaban J connectivity index is 1.75. The standard InChI is InChI=1S/C18H19BrClN/c19-16-3-1-2-13(11-16)10-15(12-21-18-8-9-18)14-4-6-17(20)7-5-14/h1-7,11,15,18,21H,8-10,12H2. The first kappa shape index (κ1) is 15.1. The van der Waals surface area contributed by atoms with Crippen LogP contribution < -0.4 is 5.32 Å². The largest absolute Gasteiger partial charge is 0.313 e. The fourth-order valence-corrected chi connectivity index (χ4v) is 3.16. The summed E-state index contributed by atoms with van der Waals surface area (Å²) in [7, 11) is 0. The molecule has 3 rings (SSSR count). The summed E-state index contributed by atoms with van der Waals surface area (Å²) in [5.41, 5.74) is 2.72. The van der Waals surface area contributed by atoms with Crippen molar-refractivity contribution < 1.29 is 0 Å². The lowest BCUT2D eigenvalue weighted by molar-refractivity contribution is 0.577. The van der Waals surface area contributed by atoms with Crippen LogP contribution in [-0.2, 0) is 6.42 Å². The Morgan fingerprint density at radius 1 is 1.14 bits per heavy atom. The number of hydrogen-bond acceptors (Lipinski definition) is 1. The fourth-order valence-electron chi connectivity index (χ4n) is 2.59. The van der Waals surface area contributed by atoms with Gasteiger partial charge in [0.1, 0.15) is 0 Å². The number of halogens is 2. The molecule has 1 nitrogen and oxygen atoms in total. The Labute approximate surface area is 139 Å². The van der Waals surface area contributed by atoms with Crippen LogP contribution in [0.3, 0.4) is 0 Å². The topological polar surface area (TPSA) is 12.0 Å². The third-order valence-corrected chi connectivity index (χ3v) is 4.69. The molecule has 0 aromatic heterocycles. The molecule has 0 saturated heterocycles. The van der Waals surface area contributed by atoms with E-state index in [4.69, 9.17) is 11.6 Å². The average Bonchev–Trinajstić information content (AvgIpc) is 3.29. The van der Waals surface area contributed by atoms with E-state index >= 15 is 0 Å². The van der Waals surface area contributed by atoms with Gasteiger partial charge in [0.2, 0.25) is 0 Å². The molecule has 0 bridgehead atoms. The maximum atomic E-state index is 6.01. The Kier molecular flexibility index (Phi) is 4.99. The highest BCUT2D eigenvalue weighted by Gasteiger charge is 2.22. The van der Waals surface area contributed by atoms with E-state index in [9.17, 15) is 0 Å². The van der Waals surface area contributed by atoms with E-state index in [-0.39, 0.29) is 0 Å². The molecule has 110 valence electrons. The zero-order valence-electron chi connectivity index (χ0n) is 11.9. The van der Waals surface area contributed by atoms with Crippen LogP contribution in [-0.4, -0.2) is 12.6 Å². The highest BCUT2D eigenvalue weighted by atomic mass is 79.9. The van der Waals surface area contributed by atoms with Gasteiger partial charge in [-0.3, -0.25) is 0 Å². The molecule has 0 heterocycles. The molecule has 1 unspecified atom stereocenters. The second kappa shape index (κ2) is 6.95. The van der Waals surface area contributed by atoms with Gasteiger partial charge in [-0.1, -0.05) is 51.8 Å². The molecule has 1 aliphatic rings. The van der Waals surface area contributed by atoms with Crippen LogP contribution in [0.2, 0.25) is 5.02 Å². The van der Waals surface area contributed by atoms with Gasteiger partial charge >= 0.3 is 0 Å². The van der Waals surface area contributed by atoms with E-state index in [0.29, 0.717) is 5.92 Å². The Bertz CT molecular complexity index is 592. The first-order valence-electron chi connectivity index (χ1n) is 7.44. The minimum absolute atomic E-state index is 0.483. The predicted molar refractivity (Wildman–Crippen MR) is 93.1 cm³/mol. The first-order chi connectivity index (χ1) is 10.2. The van der Waals surface area contributed by atoms with E-state index in [1.54, 1.807) is 0 Å². The van der Waals surface area contributed by atoms with Crippen molar-refractivity contribution in [2.45, 2.75) is 31.2 Å². The van der Waals surface area contributed by atoms with Crippen molar-refractivity contribution in [3.8, 4) is 0 Å². The van der Waals surface area contributed by atoms with E-state index < -0.39 is 0 Å². The Morgan fingerprint density at radius 2 is 1.90 bits per heavy atom. The summed E-state index contributed by atoms with van der Waals surface area (Å²) in [6.07, 6.45) is 3.69. The summed E-state index contributed by atoms with van der Waals surface area (Å²) in [6, 6.07) is 17.6. The van der Waals surface area contributed by atoms with E-state index in [2.05, 4.69) is 57.6 Å². The normalized spacial score (nSPS) is 15.9. The molecule has 1 atom stereocenters. The molecule has 1 aliphatic carbocycles. The molecule has 21 heavy (non-hydrogen) atoms. The monoisotopic (exact) mass is 363 g/mol. The number of benzene rings is 2. The van der Waals surface area contributed by atoms with Gasteiger partial charge in [0.25, 0.3) is 0 Å². The van der Waals surface area contributed by atoms with Crippen molar-refractivity contribution in [1.29, 1.82) is 0 Å². The molecular weight excluding hydrogens is 346 g/mol. The molecule has 1 fully saturated rings. The molecule has 3 heteroatoms. The molecule has 2 aromatic carbocycles. The number of nitrogens with one attached hydrogen (secondary N) is 1. The quantitative estimate of drug-likeness (QED) is 0.744. The summed E-state index contributed by atoms with van der Waals surface area (Å²) < 4.78 is 1.14. The lowest BCUT2D eigenvalue weighted by Gasteiger charge is -2.19. The second-order valence-corrected chi connectivity index (χ2v) is 7.12. The van der Waals surface area contributed by atoms with E-state index in [1.807, 2.05) is 12.1 Å². The average molecular weight is 365 g/mol. The van der Waals surface area contributed by atoms with Crippen LogP contribution in [0.5, 0.6) is 0 Å². The molecule has 1 saturated carbocycles. The highest BCUT2D eigenvalue weighted by Crippen LogP contribution is 2.26. The third-order valence-electron chi connectivity index (χ3n) is 3.94. The zero-order chi connectivity index (χ0) is 14.7.